The minimum absolute atomic E-state index is 0.0306. The van der Waals surface area contributed by atoms with Crippen molar-refractivity contribution in [2.45, 2.75) is 25.8 Å². The third kappa shape index (κ3) is 5.35. The molecule has 1 fully saturated rings. The molecule has 1 aliphatic rings. The number of carbonyl (C=O) groups excluding carboxylic acids is 2. The summed E-state index contributed by atoms with van der Waals surface area (Å²) in [6, 6.07) is 27.0. The standard InChI is InChI=1S/C26H26N2O2/c29-25(27-18-20-14-15-20)17-22-10-7-13-24(16-22)28(19-21-8-3-1-4-9-21)26(30)23-11-5-2-6-12-23/h1-13,16,20H,14-15,17-19H2,(H,27,29). The van der Waals surface area contributed by atoms with Crippen molar-refractivity contribution in [3.05, 3.63) is 102 Å². The summed E-state index contributed by atoms with van der Waals surface area (Å²) in [5, 5.41) is 3.01. The molecule has 0 heterocycles. The van der Waals surface area contributed by atoms with Gasteiger partial charge in [-0.3, -0.25) is 9.59 Å². The first kappa shape index (κ1) is 19.9. The van der Waals surface area contributed by atoms with E-state index in [4.69, 9.17) is 0 Å². The minimum Gasteiger partial charge on any atom is -0.356 e. The van der Waals surface area contributed by atoms with Crippen LogP contribution in [0.5, 0.6) is 0 Å². The summed E-state index contributed by atoms with van der Waals surface area (Å²) < 4.78 is 0. The minimum atomic E-state index is -0.0604. The molecule has 1 aliphatic carbocycles. The molecule has 4 rings (SSSR count). The van der Waals surface area contributed by atoms with Crippen LogP contribution in [0, 0.1) is 5.92 Å². The maximum absolute atomic E-state index is 13.3. The van der Waals surface area contributed by atoms with Gasteiger partial charge in [-0.1, -0.05) is 60.7 Å². The highest BCUT2D eigenvalue weighted by molar-refractivity contribution is 6.06. The Bertz CT molecular complexity index is 998. The molecule has 3 aromatic rings. The van der Waals surface area contributed by atoms with Crippen molar-refractivity contribution in [2.24, 2.45) is 5.92 Å². The molecule has 0 aromatic heterocycles. The van der Waals surface area contributed by atoms with Gasteiger partial charge < -0.3 is 10.2 Å². The fraction of sp³-hybridized carbons (Fsp3) is 0.231. The topological polar surface area (TPSA) is 49.4 Å². The summed E-state index contributed by atoms with van der Waals surface area (Å²) in [5.74, 6) is 0.628. The van der Waals surface area contributed by atoms with Gasteiger partial charge in [0.05, 0.1) is 13.0 Å². The van der Waals surface area contributed by atoms with Gasteiger partial charge in [-0.2, -0.15) is 0 Å². The smallest absolute Gasteiger partial charge is 0.258 e. The third-order valence-electron chi connectivity index (χ3n) is 5.32. The van der Waals surface area contributed by atoms with Gasteiger partial charge in [0.1, 0.15) is 0 Å². The lowest BCUT2D eigenvalue weighted by molar-refractivity contribution is -0.120. The van der Waals surface area contributed by atoms with Crippen LogP contribution in [0.4, 0.5) is 5.69 Å². The molecule has 4 heteroatoms. The third-order valence-corrected chi connectivity index (χ3v) is 5.32. The predicted octanol–water partition coefficient (Wildman–Crippen LogP) is 4.60. The Balaban J connectivity index is 1.56. The lowest BCUT2D eigenvalue weighted by atomic mass is 10.1. The van der Waals surface area contributed by atoms with Crippen molar-refractivity contribution in [2.75, 3.05) is 11.4 Å². The molecule has 4 nitrogen and oxygen atoms in total. The maximum Gasteiger partial charge on any atom is 0.258 e. The molecule has 0 radical (unpaired) electrons. The van der Waals surface area contributed by atoms with E-state index in [0.29, 0.717) is 24.4 Å². The molecule has 0 unspecified atom stereocenters. The Kier molecular flexibility index (Phi) is 6.23. The highest BCUT2D eigenvalue weighted by Gasteiger charge is 2.22. The first-order valence-electron chi connectivity index (χ1n) is 10.5. The van der Waals surface area contributed by atoms with Crippen LogP contribution in [0.15, 0.2) is 84.9 Å². The van der Waals surface area contributed by atoms with Crippen LogP contribution in [0.25, 0.3) is 0 Å². The lowest BCUT2D eigenvalue weighted by Gasteiger charge is -2.24. The number of amides is 2. The number of hydrogen-bond donors (Lipinski definition) is 1. The van der Waals surface area contributed by atoms with Gasteiger partial charge >= 0.3 is 0 Å². The van der Waals surface area contributed by atoms with Gasteiger partial charge in [-0.25, -0.2) is 0 Å². The molecule has 30 heavy (non-hydrogen) atoms. The monoisotopic (exact) mass is 398 g/mol. The largest absolute Gasteiger partial charge is 0.356 e. The Morgan fingerprint density at radius 2 is 1.50 bits per heavy atom. The molecule has 0 bridgehead atoms. The van der Waals surface area contributed by atoms with E-state index in [-0.39, 0.29) is 11.8 Å². The number of anilines is 1. The molecule has 2 amide bonds. The Morgan fingerprint density at radius 3 is 2.20 bits per heavy atom. The van der Waals surface area contributed by atoms with Gasteiger partial charge in [0.25, 0.3) is 5.91 Å². The highest BCUT2D eigenvalue weighted by atomic mass is 16.2. The molecule has 0 atom stereocenters. The van der Waals surface area contributed by atoms with E-state index in [1.54, 1.807) is 4.90 Å². The summed E-state index contributed by atoms with van der Waals surface area (Å²) in [5.41, 5.74) is 3.38. The summed E-state index contributed by atoms with van der Waals surface area (Å²) in [4.78, 5) is 27.4. The quantitative estimate of drug-likeness (QED) is 0.603. The number of hydrogen-bond acceptors (Lipinski definition) is 2. The van der Waals surface area contributed by atoms with Gasteiger partial charge in [-0.15, -0.1) is 0 Å². The number of nitrogens with zero attached hydrogens (tertiary/aromatic N) is 1. The van der Waals surface area contributed by atoms with Crippen LogP contribution >= 0.6 is 0 Å². The fourth-order valence-electron chi connectivity index (χ4n) is 3.45. The molecule has 3 aromatic carbocycles. The van der Waals surface area contributed by atoms with Crippen molar-refractivity contribution in [3.8, 4) is 0 Å². The Hall–Kier alpha value is -3.40. The van der Waals surface area contributed by atoms with Crippen LogP contribution in [-0.4, -0.2) is 18.4 Å². The average Bonchev–Trinajstić information content (AvgIpc) is 3.62. The molecular formula is C26H26N2O2. The summed E-state index contributed by atoms with van der Waals surface area (Å²) in [6.45, 7) is 1.23. The normalized spacial score (nSPS) is 12.9. The highest BCUT2D eigenvalue weighted by Crippen LogP contribution is 2.27. The predicted molar refractivity (Wildman–Crippen MR) is 119 cm³/mol. The molecular weight excluding hydrogens is 372 g/mol. The van der Waals surface area contributed by atoms with Crippen molar-refractivity contribution in [1.82, 2.24) is 5.32 Å². The van der Waals surface area contributed by atoms with E-state index in [1.165, 1.54) is 12.8 Å². The van der Waals surface area contributed by atoms with Crippen molar-refractivity contribution >= 4 is 17.5 Å². The van der Waals surface area contributed by atoms with Gasteiger partial charge in [0.2, 0.25) is 5.91 Å². The zero-order valence-electron chi connectivity index (χ0n) is 17.0. The Labute approximate surface area is 177 Å². The van der Waals surface area contributed by atoms with Gasteiger partial charge in [0, 0.05) is 17.8 Å². The van der Waals surface area contributed by atoms with Gasteiger partial charge in [-0.05, 0) is 54.2 Å². The van der Waals surface area contributed by atoms with Gasteiger partial charge in [0.15, 0.2) is 0 Å². The molecule has 0 aliphatic heterocycles. The number of benzene rings is 3. The first-order chi connectivity index (χ1) is 14.7. The van der Waals surface area contributed by atoms with E-state index in [2.05, 4.69) is 5.32 Å². The van der Waals surface area contributed by atoms with E-state index in [9.17, 15) is 9.59 Å². The molecule has 152 valence electrons. The lowest BCUT2D eigenvalue weighted by Crippen LogP contribution is -2.30. The molecule has 0 saturated heterocycles. The van der Waals surface area contributed by atoms with Crippen LogP contribution in [0.1, 0.15) is 34.3 Å². The van der Waals surface area contributed by atoms with E-state index in [1.807, 2.05) is 84.9 Å². The zero-order valence-corrected chi connectivity index (χ0v) is 17.0. The van der Waals surface area contributed by atoms with Crippen LogP contribution in [-0.2, 0) is 17.8 Å². The van der Waals surface area contributed by atoms with Crippen molar-refractivity contribution < 1.29 is 9.59 Å². The zero-order chi connectivity index (χ0) is 20.8. The average molecular weight is 399 g/mol. The van der Waals surface area contributed by atoms with Crippen LogP contribution in [0.3, 0.4) is 0 Å². The first-order valence-corrected chi connectivity index (χ1v) is 10.5. The second-order valence-corrected chi connectivity index (χ2v) is 7.84. The molecule has 1 N–H and O–H groups in total. The second kappa shape index (κ2) is 9.40. The van der Waals surface area contributed by atoms with Crippen LogP contribution < -0.4 is 10.2 Å². The number of nitrogens with one attached hydrogen (secondary N) is 1. The molecule has 0 spiro atoms. The Morgan fingerprint density at radius 1 is 0.833 bits per heavy atom. The second-order valence-electron chi connectivity index (χ2n) is 7.84. The summed E-state index contributed by atoms with van der Waals surface area (Å²) in [7, 11) is 0. The SMILES string of the molecule is O=C(Cc1cccc(N(Cc2ccccc2)C(=O)c2ccccc2)c1)NCC1CC1. The van der Waals surface area contributed by atoms with E-state index < -0.39 is 0 Å². The number of carbonyl (C=O) groups is 2. The summed E-state index contributed by atoms with van der Waals surface area (Å²) >= 11 is 0. The van der Waals surface area contributed by atoms with E-state index >= 15 is 0 Å². The fourth-order valence-corrected chi connectivity index (χ4v) is 3.45. The van der Waals surface area contributed by atoms with Crippen molar-refractivity contribution in [1.29, 1.82) is 0 Å². The molecule has 1 saturated carbocycles. The van der Waals surface area contributed by atoms with Crippen LogP contribution in [0.2, 0.25) is 0 Å². The number of rotatable bonds is 8. The van der Waals surface area contributed by atoms with Crippen molar-refractivity contribution in [3.63, 3.8) is 0 Å². The summed E-state index contributed by atoms with van der Waals surface area (Å²) in [6.07, 6.45) is 2.75. The van der Waals surface area contributed by atoms with E-state index in [0.717, 1.165) is 23.4 Å². The maximum atomic E-state index is 13.3.